The summed E-state index contributed by atoms with van der Waals surface area (Å²) in [7, 11) is 11.8. The summed E-state index contributed by atoms with van der Waals surface area (Å²) >= 11 is 0. The number of fused-ring (bicyclic) bond motifs is 5. The number of aromatic amines is 1. The molecule has 6 aromatic rings. The first-order valence-corrected chi connectivity index (χ1v) is 34.0. The van der Waals surface area contributed by atoms with Crippen LogP contribution in [0.25, 0.3) is 10.8 Å². The number of aliphatic hydroxyl groups excluding tert-OH is 3. The average molecular weight is 1190 g/mol. The molecule has 9 N–H and O–H groups in total. The molecule has 13 nitrogen and oxygen atoms in total. The van der Waals surface area contributed by atoms with Crippen molar-refractivity contribution in [3.8, 4) is 28.7 Å². The Kier molecular flexibility index (Phi) is 20.4. The van der Waals surface area contributed by atoms with Crippen LogP contribution in [-0.4, -0.2) is 125 Å². The van der Waals surface area contributed by atoms with Crippen LogP contribution in [0.4, 0.5) is 0 Å². The number of ether oxygens (including phenoxy) is 3. The van der Waals surface area contributed by atoms with Crippen LogP contribution in [0, 0.1) is 29.6 Å². The van der Waals surface area contributed by atoms with Gasteiger partial charge in [-0.15, -0.1) is 0 Å². The lowest BCUT2D eigenvalue weighted by atomic mass is 9.52. The summed E-state index contributed by atoms with van der Waals surface area (Å²) in [5.41, 5.74) is 5.90. The fourth-order valence-electron chi connectivity index (χ4n) is 14.0. The van der Waals surface area contributed by atoms with Crippen molar-refractivity contribution >= 4 is 59.7 Å². The number of hydrogen-bond acceptors (Lipinski definition) is 16. The zero-order valence-electron chi connectivity index (χ0n) is 47.5. The van der Waals surface area contributed by atoms with Gasteiger partial charge in [0.05, 0.1) is 36.6 Å². The van der Waals surface area contributed by atoms with Crippen molar-refractivity contribution in [2.45, 2.75) is 106 Å². The molecule has 3 heterocycles. The first-order chi connectivity index (χ1) is 39.9. The van der Waals surface area contributed by atoms with Gasteiger partial charge in [-0.3, -0.25) is 4.79 Å². The van der Waals surface area contributed by atoms with Crippen LogP contribution in [0.15, 0.2) is 97.3 Å². The Bertz CT molecular complexity index is 3130. The van der Waals surface area contributed by atoms with E-state index in [1.807, 2.05) is 62.9 Å². The lowest BCUT2D eigenvalue weighted by Crippen LogP contribution is -2.62. The minimum atomic E-state index is -1.74. The SMILES string of the molecule is CCc1ccc2cccc3c2c1Cc1c(ccc(O)c1OC)C[C@@H](Cc1cc[nH]c1)[C@H](O)[C@@H]1C(=O)[C@](c2cc(O)cc(CNC)c2)([C@@H]2CSSC[C@H]4CC[C@@H](COCCCNC)C[C@@H]4Oc4cc2ccc4O)[C@@H](O)C[C@H]1CSS[C@H]3CO. The van der Waals surface area contributed by atoms with Crippen LogP contribution in [0.3, 0.4) is 0 Å². The van der Waals surface area contributed by atoms with E-state index < -0.39 is 41.3 Å². The predicted octanol–water partition coefficient (Wildman–Crippen LogP) is 10.8. The number of nitrogens with one attached hydrogen (secondary N) is 3. The number of H-pyrrole nitrogens is 1. The lowest BCUT2D eigenvalue weighted by molar-refractivity contribution is -0.150. The number of aromatic hydroxyl groups is 3. The number of Topliss-reactive ketones (excluding diaryl/α,β-unsaturated/α-hetero) is 1. The van der Waals surface area contributed by atoms with E-state index >= 15 is 4.79 Å². The number of phenols is 3. The molecule has 82 heavy (non-hydrogen) atoms. The van der Waals surface area contributed by atoms with Crippen molar-refractivity contribution in [1.29, 1.82) is 0 Å². The van der Waals surface area contributed by atoms with Gasteiger partial charge in [-0.25, -0.2) is 0 Å². The third-order valence-electron chi connectivity index (χ3n) is 18.1. The molecule has 2 aliphatic heterocycles. The molecule has 5 aromatic carbocycles. The molecule has 0 spiro atoms. The van der Waals surface area contributed by atoms with Crippen molar-refractivity contribution in [3.63, 3.8) is 0 Å². The molecular formula is C65H81N3O10S4. The normalized spacial score (nSPS) is 27.2. The third-order valence-corrected chi connectivity index (χ3v) is 23.4. The van der Waals surface area contributed by atoms with Crippen LogP contribution in [-0.2, 0) is 47.2 Å². The molecule has 2 bridgehead atoms. The topological polar surface area (TPSA) is 206 Å². The van der Waals surface area contributed by atoms with E-state index in [0.717, 1.165) is 94.1 Å². The van der Waals surface area contributed by atoms with Crippen molar-refractivity contribution in [2.24, 2.45) is 29.6 Å². The second kappa shape index (κ2) is 27.7. The van der Waals surface area contributed by atoms with E-state index in [1.54, 1.807) is 74.6 Å². The molecule has 11 atom stereocenters. The largest absolute Gasteiger partial charge is 0.508 e. The van der Waals surface area contributed by atoms with Crippen molar-refractivity contribution in [3.05, 3.63) is 147 Å². The average Bonchev–Trinajstić information content (AvgIpc) is 2.11. The highest BCUT2D eigenvalue weighted by Crippen LogP contribution is 2.57. The number of benzene rings is 5. The summed E-state index contributed by atoms with van der Waals surface area (Å²) in [6.07, 6.45) is 6.63. The fraction of sp³-hybridized carbons (Fsp3) is 0.492. The maximum Gasteiger partial charge on any atom is 0.164 e. The van der Waals surface area contributed by atoms with E-state index in [-0.39, 0.29) is 53.3 Å². The third kappa shape index (κ3) is 12.7. The number of ketones is 1. The summed E-state index contributed by atoms with van der Waals surface area (Å²) in [5, 5.41) is 82.0. The Balaban J connectivity index is 1.13. The van der Waals surface area contributed by atoms with Crippen LogP contribution in [0.5, 0.6) is 28.7 Å². The minimum Gasteiger partial charge on any atom is -0.508 e. The van der Waals surface area contributed by atoms with Crippen LogP contribution in [0.2, 0.25) is 0 Å². The molecule has 0 amide bonds. The van der Waals surface area contributed by atoms with Gasteiger partial charge in [-0.05, 0) is 181 Å². The number of aryl methyl sites for hydroxylation is 1. The summed E-state index contributed by atoms with van der Waals surface area (Å²) < 4.78 is 19.2. The molecule has 2 saturated carbocycles. The standard InChI is InChI=1S/C65H81N3O10S4/c1-5-41-12-13-42-8-6-9-50-58(33-69)82-81-36-47-28-59(73)65(48-23-40(31-67-3)24-49(70)29-48,53-37-80-79-35-45-11-10-39(34-77-21-7-19-66-2)25-56(45)78-57-27-44(53)15-16-54(57)71)64(75)61(47)62(74)46(22-38-18-20-68-32-38)26-43-14-17-55(72)63(76-4)52(43)30-51(41)60(42)50/h6,8-9,12-18,20,23-24,27,29,32,39,45-47,53,56,58-59,61-62,66-74H,5,7,10-11,19,21-22,25-26,28,30-31,33-37H2,1-4H3/t39-,45-,46-,47+,53-,56+,58+,59+,61-,62+,65-/m1/s1. The number of methoxy groups -OCH3 is 1. The zero-order valence-corrected chi connectivity index (χ0v) is 50.7. The second-order valence-electron chi connectivity index (χ2n) is 23.0. The van der Waals surface area contributed by atoms with E-state index in [4.69, 9.17) is 14.2 Å². The molecule has 0 saturated heterocycles. The Morgan fingerprint density at radius 1 is 0.854 bits per heavy atom. The van der Waals surface area contributed by atoms with Gasteiger partial charge >= 0.3 is 0 Å². The monoisotopic (exact) mass is 1190 g/mol. The molecule has 0 unspecified atom stereocenters. The van der Waals surface area contributed by atoms with E-state index in [1.165, 1.54) is 0 Å². The molecule has 440 valence electrons. The number of carbonyl (C=O) groups excluding carboxylic acids is 1. The summed E-state index contributed by atoms with van der Waals surface area (Å²) in [5.74, 6) is -0.635. The zero-order chi connectivity index (χ0) is 57.5. The quantitative estimate of drug-likeness (QED) is 0.0346. The molecule has 1 aromatic heterocycles. The molecule has 2 fully saturated rings. The summed E-state index contributed by atoms with van der Waals surface area (Å²) in [4.78, 5) is 20.5. The van der Waals surface area contributed by atoms with Crippen molar-refractivity contribution in [2.75, 3.05) is 64.8 Å². The van der Waals surface area contributed by atoms with E-state index in [9.17, 15) is 30.6 Å². The number of carbonyl (C=O) groups is 1. The maximum atomic E-state index is 17.3. The highest BCUT2D eigenvalue weighted by Gasteiger charge is 2.61. The Labute approximate surface area is 498 Å². The highest BCUT2D eigenvalue weighted by atomic mass is 33.1. The maximum absolute atomic E-state index is 17.3. The van der Waals surface area contributed by atoms with Gasteiger partial charge in [0.25, 0.3) is 0 Å². The van der Waals surface area contributed by atoms with Gasteiger partial charge in [0, 0.05) is 79.1 Å². The number of aliphatic hydroxyl groups is 3. The number of aromatic nitrogens is 1. The molecule has 2 aliphatic carbocycles. The smallest absolute Gasteiger partial charge is 0.164 e. The molecule has 10 rings (SSSR count). The Morgan fingerprint density at radius 3 is 2.46 bits per heavy atom. The highest BCUT2D eigenvalue weighted by molar-refractivity contribution is 8.77. The summed E-state index contributed by atoms with van der Waals surface area (Å²) in [6, 6.07) is 26.7. The number of phenolic OH excluding ortho intramolecular Hbond substituents is 3. The Hall–Kier alpha value is -4.53. The van der Waals surface area contributed by atoms with Gasteiger partial charge < -0.3 is 60.5 Å². The van der Waals surface area contributed by atoms with Gasteiger partial charge in [-0.2, -0.15) is 0 Å². The first kappa shape index (κ1) is 60.6. The van der Waals surface area contributed by atoms with Gasteiger partial charge in [0.2, 0.25) is 0 Å². The Morgan fingerprint density at radius 2 is 1.68 bits per heavy atom. The molecule has 4 aliphatic rings. The number of hydrogen-bond donors (Lipinski definition) is 9. The van der Waals surface area contributed by atoms with Gasteiger partial charge in [0.1, 0.15) is 11.9 Å². The van der Waals surface area contributed by atoms with Gasteiger partial charge in [0.15, 0.2) is 28.8 Å². The molecule has 17 heteroatoms. The fourth-order valence-corrected chi connectivity index (χ4v) is 19.7. The van der Waals surface area contributed by atoms with Gasteiger partial charge in [-0.1, -0.05) is 98.6 Å². The second-order valence-corrected chi connectivity index (χ2v) is 28.2. The van der Waals surface area contributed by atoms with E-state index in [0.29, 0.717) is 79.1 Å². The van der Waals surface area contributed by atoms with Crippen LogP contribution >= 0.6 is 43.2 Å². The molecule has 0 radical (unpaired) electrons. The van der Waals surface area contributed by atoms with Crippen molar-refractivity contribution < 1.29 is 49.6 Å². The van der Waals surface area contributed by atoms with E-state index in [2.05, 4.69) is 46.8 Å². The van der Waals surface area contributed by atoms with Crippen LogP contribution in [0.1, 0.15) is 100 Å². The minimum absolute atomic E-state index is 0.00488. The predicted molar refractivity (Wildman–Crippen MR) is 334 cm³/mol. The summed E-state index contributed by atoms with van der Waals surface area (Å²) in [6.45, 7) is 4.56. The van der Waals surface area contributed by atoms with Crippen molar-refractivity contribution in [1.82, 2.24) is 15.6 Å². The molecular weight excluding hydrogens is 1110 g/mol. The van der Waals surface area contributed by atoms with Crippen LogP contribution < -0.4 is 20.1 Å². The lowest BCUT2D eigenvalue weighted by Gasteiger charge is -2.52. The number of rotatable bonds is 15. The first-order valence-electron chi connectivity index (χ1n) is 29.2.